The van der Waals surface area contributed by atoms with Gasteiger partial charge in [0.15, 0.2) is 5.75 Å². The van der Waals surface area contributed by atoms with E-state index in [2.05, 4.69) is 9.84 Å². The Morgan fingerprint density at radius 2 is 1.70 bits per heavy atom. The third-order valence-corrected chi connectivity index (χ3v) is 7.02. The van der Waals surface area contributed by atoms with Crippen LogP contribution in [-0.4, -0.2) is 46.2 Å². The van der Waals surface area contributed by atoms with Crippen LogP contribution >= 0.6 is 0 Å². The van der Waals surface area contributed by atoms with E-state index >= 15 is 0 Å². The number of ether oxygens (including phenoxy) is 1. The molecule has 0 bridgehead atoms. The molecular formula is C26H24F7N5O2. The molecule has 214 valence electrons. The summed E-state index contributed by atoms with van der Waals surface area (Å²) >= 11 is 0. The topological polar surface area (TPSA) is 53.8 Å². The second-order valence-electron chi connectivity index (χ2n) is 9.64. The van der Waals surface area contributed by atoms with Crippen LogP contribution in [0.4, 0.5) is 46.9 Å². The minimum Gasteiger partial charge on any atom is -0.403 e. The number of hydrogen-bond donors (Lipinski definition) is 0. The number of benzene rings is 2. The van der Waals surface area contributed by atoms with Gasteiger partial charge >= 0.3 is 18.6 Å². The molecule has 5 rings (SSSR count). The van der Waals surface area contributed by atoms with E-state index in [0.29, 0.717) is 11.4 Å². The van der Waals surface area contributed by atoms with E-state index in [0.717, 1.165) is 24.3 Å². The average Bonchev–Trinajstić information content (AvgIpc) is 3.25. The van der Waals surface area contributed by atoms with Gasteiger partial charge in [0.05, 0.1) is 24.3 Å². The van der Waals surface area contributed by atoms with Crippen molar-refractivity contribution in [3.63, 3.8) is 0 Å². The second kappa shape index (κ2) is 10.2. The fourth-order valence-electron chi connectivity index (χ4n) is 5.30. The van der Waals surface area contributed by atoms with E-state index in [1.165, 1.54) is 37.6 Å². The zero-order valence-corrected chi connectivity index (χ0v) is 21.1. The van der Waals surface area contributed by atoms with Gasteiger partial charge in [-0.25, -0.2) is 9.18 Å². The number of anilines is 2. The Morgan fingerprint density at radius 1 is 1.00 bits per heavy atom. The molecule has 2 aliphatic heterocycles. The fraction of sp³-hybridized carbons (Fsp3) is 0.385. The summed E-state index contributed by atoms with van der Waals surface area (Å²) in [4.78, 5) is 17.9. The summed E-state index contributed by atoms with van der Waals surface area (Å²) < 4.78 is 99.8. The molecule has 3 heterocycles. The van der Waals surface area contributed by atoms with E-state index in [-0.39, 0.29) is 50.3 Å². The Labute approximate surface area is 224 Å². The van der Waals surface area contributed by atoms with Crippen LogP contribution in [0.15, 0.2) is 48.7 Å². The number of carbonyl (C=O) groups is 1. The van der Waals surface area contributed by atoms with Crippen LogP contribution in [0.5, 0.6) is 5.75 Å². The number of para-hydroxylation sites is 1. The molecule has 0 spiro atoms. The van der Waals surface area contributed by atoms with Gasteiger partial charge in [0.25, 0.3) is 0 Å². The van der Waals surface area contributed by atoms with Crippen molar-refractivity contribution >= 4 is 17.4 Å². The second-order valence-corrected chi connectivity index (χ2v) is 9.64. The van der Waals surface area contributed by atoms with Crippen LogP contribution in [-0.2, 0) is 26.3 Å². The standard InChI is InChI=1S/C26H24F7N5O2/c1-35-15-21-20(34-35)14-37(24(39)38(21)13-16-5-2-3-6-18(16)25(28,29)30)17-9-11-36(12-10-17)23-19(27)7-4-8-22(23)40-26(31,32)33/h2-8,15,17H,9-14H2,1H3. The first kappa shape index (κ1) is 27.6. The van der Waals surface area contributed by atoms with Crippen molar-refractivity contribution in [2.24, 2.45) is 7.05 Å². The molecule has 0 N–H and O–H groups in total. The van der Waals surface area contributed by atoms with E-state index < -0.39 is 41.7 Å². The summed E-state index contributed by atoms with van der Waals surface area (Å²) in [5, 5.41) is 4.39. The number of nitrogens with zero attached hydrogens (tertiary/aromatic N) is 5. The Hall–Kier alpha value is -3.97. The highest BCUT2D eigenvalue weighted by Gasteiger charge is 2.40. The van der Waals surface area contributed by atoms with Gasteiger partial charge in [0, 0.05) is 32.4 Å². The number of urea groups is 1. The monoisotopic (exact) mass is 571 g/mol. The smallest absolute Gasteiger partial charge is 0.403 e. The number of aryl methyl sites for hydroxylation is 1. The highest BCUT2D eigenvalue weighted by molar-refractivity contribution is 5.94. The van der Waals surface area contributed by atoms with Gasteiger partial charge in [-0.3, -0.25) is 9.58 Å². The number of hydrogen-bond acceptors (Lipinski definition) is 4. The zero-order chi connectivity index (χ0) is 28.8. The third kappa shape index (κ3) is 5.52. The van der Waals surface area contributed by atoms with Gasteiger partial charge in [0.1, 0.15) is 17.2 Å². The summed E-state index contributed by atoms with van der Waals surface area (Å²) in [5.41, 5.74) is -0.338. The molecule has 2 aromatic carbocycles. The maximum atomic E-state index is 14.6. The van der Waals surface area contributed by atoms with Crippen molar-refractivity contribution in [2.75, 3.05) is 22.9 Å². The molecule has 7 nitrogen and oxygen atoms in total. The highest BCUT2D eigenvalue weighted by Crippen LogP contribution is 2.39. The lowest BCUT2D eigenvalue weighted by molar-refractivity contribution is -0.274. The summed E-state index contributed by atoms with van der Waals surface area (Å²) in [5.74, 6) is -1.53. The largest absolute Gasteiger partial charge is 0.573 e. The molecule has 0 atom stereocenters. The first-order valence-electron chi connectivity index (χ1n) is 12.4. The zero-order valence-electron chi connectivity index (χ0n) is 21.1. The first-order valence-corrected chi connectivity index (χ1v) is 12.4. The third-order valence-electron chi connectivity index (χ3n) is 7.02. The number of halogens is 7. The van der Waals surface area contributed by atoms with Crippen LogP contribution in [0.2, 0.25) is 0 Å². The number of alkyl halides is 6. The van der Waals surface area contributed by atoms with Crippen LogP contribution in [0.3, 0.4) is 0 Å². The molecule has 0 saturated carbocycles. The SMILES string of the molecule is Cn1cc2c(n1)CN(C1CCN(c3c(F)cccc3OC(F)(F)F)CC1)C(=O)N2Cc1ccccc1C(F)(F)F. The minimum absolute atomic E-state index is 0.0773. The van der Waals surface area contributed by atoms with Gasteiger partial charge in [-0.1, -0.05) is 24.3 Å². The highest BCUT2D eigenvalue weighted by atomic mass is 19.4. The Morgan fingerprint density at radius 3 is 2.38 bits per heavy atom. The molecule has 1 fully saturated rings. The number of amides is 2. The summed E-state index contributed by atoms with van der Waals surface area (Å²) in [7, 11) is 1.64. The van der Waals surface area contributed by atoms with Gasteiger partial charge in [0.2, 0.25) is 0 Å². The van der Waals surface area contributed by atoms with Crippen molar-refractivity contribution in [1.29, 1.82) is 0 Å². The molecular weight excluding hydrogens is 547 g/mol. The van der Waals surface area contributed by atoms with Crippen LogP contribution in [0, 0.1) is 5.82 Å². The van der Waals surface area contributed by atoms with Crippen molar-refractivity contribution in [3.8, 4) is 5.75 Å². The molecule has 2 aliphatic rings. The minimum atomic E-state index is -5.00. The van der Waals surface area contributed by atoms with E-state index in [9.17, 15) is 35.5 Å². The fourth-order valence-corrected chi connectivity index (χ4v) is 5.30. The van der Waals surface area contributed by atoms with Crippen LogP contribution in [0.1, 0.15) is 29.7 Å². The summed E-state index contributed by atoms with van der Waals surface area (Å²) in [6, 6.07) is 7.30. The number of carbonyl (C=O) groups excluding carboxylic acids is 1. The molecule has 0 aliphatic carbocycles. The Bertz CT molecular complexity index is 1400. The number of fused-ring (bicyclic) bond motifs is 1. The maximum absolute atomic E-state index is 14.6. The summed E-state index contributed by atoms with van der Waals surface area (Å²) in [6.45, 7) is 0.0142. The number of aromatic nitrogens is 2. The molecule has 14 heteroatoms. The lowest BCUT2D eigenvalue weighted by Gasteiger charge is -2.43. The lowest BCUT2D eigenvalue weighted by atomic mass is 10.0. The predicted octanol–water partition coefficient (Wildman–Crippen LogP) is 6.09. The molecule has 40 heavy (non-hydrogen) atoms. The van der Waals surface area contributed by atoms with Crippen molar-refractivity contribution in [1.82, 2.24) is 14.7 Å². The predicted molar refractivity (Wildman–Crippen MR) is 130 cm³/mol. The van der Waals surface area contributed by atoms with Crippen molar-refractivity contribution in [2.45, 2.75) is 44.5 Å². The van der Waals surface area contributed by atoms with E-state index in [1.54, 1.807) is 13.2 Å². The quantitative estimate of drug-likeness (QED) is 0.348. The number of rotatable bonds is 5. The molecule has 0 unspecified atom stereocenters. The van der Waals surface area contributed by atoms with Gasteiger partial charge in [-0.05, 0) is 36.6 Å². The maximum Gasteiger partial charge on any atom is 0.573 e. The van der Waals surface area contributed by atoms with E-state index in [4.69, 9.17) is 0 Å². The molecule has 1 aromatic heterocycles. The Balaban J connectivity index is 1.38. The van der Waals surface area contributed by atoms with E-state index in [1.807, 2.05) is 0 Å². The van der Waals surface area contributed by atoms with Crippen LogP contribution < -0.4 is 14.5 Å². The molecule has 2 amide bonds. The van der Waals surface area contributed by atoms with Gasteiger partial charge in [-0.15, -0.1) is 13.2 Å². The number of piperidine rings is 1. The Kier molecular flexibility index (Phi) is 7.04. The average molecular weight is 571 g/mol. The molecule has 0 radical (unpaired) electrons. The molecule has 3 aromatic rings. The van der Waals surface area contributed by atoms with Crippen molar-refractivity contribution in [3.05, 3.63) is 71.3 Å². The molecule has 1 saturated heterocycles. The van der Waals surface area contributed by atoms with Crippen molar-refractivity contribution < 1.29 is 40.3 Å². The van der Waals surface area contributed by atoms with Gasteiger partial charge in [-0.2, -0.15) is 18.3 Å². The summed E-state index contributed by atoms with van der Waals surface area (Å²) in [6.07, 6.45) is -7.48. The first-order chi connectivity index (χ1) is 18.8. The van der Waals surface area contributed by atoms with Crippen LogP contribution in [0.25, 0.3) is 0 Å². The lowest BCUT2D eigenvalue weighted by Crippen LogP contribution is -2.54. The normalized spacial score (nSPS) is 16.9. The van der Waals surface area contributed by atoms with Gasteiger partial charge < -0.3 is 14.5 Å².